The molecule has 12 nitrogen and oxygen atoms in total. The van der Waals surface area contributed by atoms with Crippen LogP contribution in [0.25, 0.3) is 0 Å². The van der Waals surface area contributed by atoms with Gasteiger partial charge in [-0.3, -0.25) is 24.0 Å². The van der Waals surface area contributed by atoms with E-state index in [1.165, 1.54) is 6.20 Å². The Hall–Kier alpha value is -2.09. The summed E-state index contributed by atoms with van der Waals surface area (Å²) in [7, 11) is 0. The number of carbonyl (C=O) groups is 1. The molecule has 6 atom stereocenters. The topological polar surface area (TPSA) is 189 Å². The maximum atomic E-state index is 12.4. The highest BCUT2D eigenvalue weighted by atomic mass is 16.5. The highest BCUT2D eigenvalue weighted by Gasteiger charge is 2.35. The maximum absolute atomic E-state index is 12.4. The van der Waals surface area contributed by atoms with E-state index >= 15 is 0 Å². The quantitative estimate of drug-likeness (QED) is 0.242. The molecule has 1 aliphatic heterocycles. The van der Waals surface area contributed by atoms with Crippen molar-refractivity contribution in [1.82, 2.24) is 19.8 Å². The van der Waals surface area contributed by atoms with Crippen LogP contribution in [-0.2, 0) is 16.0 Å². The molecule has 1 fully saturated rings. The Morgan fingerprint density at radius 1 is 1.38 bits per heavy atom. The number of nitrogens with one attached hydrogen (secondary N) is 2. The number of nitrogens with zero attached hydrogens (tertiary/aromatic N) is 2. The van der Waals surface area contributed by atoms with Crippen LogP contribution in [0.15, 0.2) is 15.8 Å². The Morgan fingerprint density at radius 2 is 2.00 bits per heavy atom. The van der Waals surface area contributed by atoms with Gasteiger partial charge in [0.2, 0.25) is 5.91 Å². The van der Waals surface area contributed by atoms with Crippen molar-refractivity contribution in [3.05, 3.63) is 32.6 Å². The molecule has 1 saturated heterocycles. The fourth-order valence-corrected chi connectivity index (χ4v) is 3.52. The smallest absolute Gasteiger partial charge is 0.330 e. The molecule has 29 heavy (non-hydrogen) atoms. The van der Waals surface area contributed by atoms with E-state index in [4.69, 9.17) is 16.2 Å². The molecule has 0 aromatic carbocycles. The molecule has 12 heteroatoms. The van der Waals surface area contributed by atoms with Gasteiger partial charge in [-0.2, -0.15) is 0 Å². The Morgan fingerprint density at radius 3 is 2.52 bits per heavy atom. The first-order valence-corrected chi connectivity index (χ1v) is 9.41. The van der Waals surface area contributed by atoms with Gasteiger partial charge >= 0.3 is 5.69 Å². The number of hydrogen-bond donors (Lipinski definition) is 6. The number of carbonyl (C=O) groups excluding carboxylic acids is 1. The summed E-state index contributed by atoms with van der Waals surface area (Å²) in [5, 5.41) is 21.8. The van der Waals surface area contributed by atoms with Crippen LogP contribution in [0.1, 0.15) is 39.0 Å². The minimum absolute atomic E-state index is 0.0491. The zero-order valence-corrected chi connectivity index (χ0v) is 16.7. The largest absolute Gasteiger partial charge is 0.394 e. The van der Waals surface area contributed by atoms with Crippen LogP contribution < -0.4 is 28.0 Å². The molecule has 8 N–H and O–H groups in total. The summed E-state index contributed by atoms with van der Waals surface area (Å²) in [5.74, 6) is -0.458. The molecule has 1 aliphatic rings. The number of H-pyrrole nitrogens is 1. The Labute approximate surface area is 167 Å². The zero-order valence-electron chi connectivity index (χ0n) is 16.7. The molecule has 1 aromatic heterocycles. The standard InChI is InChI=1S/C17H30N6O6/c1-8(18)23(9(2)19)10(3)20-14(26)4-11-6-22(17(28)21-16(11)27)15-5-12(25)13(7-24)29-15/h6,8-10,12-13,15,24-25H,4-5,7,18-19H2,1-3H3,(H,20,26)(H,21,27,28)/t8?,9?,10?,12-,13+,15+/m0/s1. The number of rotatable bonds is 8. The minimum atomic E-state index is -0.945. The lowest BCUT2D eigenvalue weighted by molar-refractivity contribution is -0.122. The number of aliphatic hydroxyl groups is 2. The second-order valence-electron chi connectivity index (χ2n) is 7.28. The lowest BCUT2D eigenvalue weighted by Gasteiger charge is -2.35. The summed E-state index contributed by atoms with van der Waals surface area (Å²) in [6.07, 6.45) is -2.90. The monoisotopic (exact) mass is 414 g/mol. The summed E-state index contributed by atoms with van der Waals surface area (Å²) in [5.41, 5.74) is 10.4. The number of aromatic amines is 1. The van der Waals surface area contributed by atoms with Gasteiger partial charge in [0, 0.05) is 18.2 Å². The number of ether oxygens (including phenoxy) is 1. The summed E-state index contributed by atoms with van der Waals surface area (Å²) in [6.45, 7) is 4.79. The normalized spacial score (nSPS) is 25.0. The van der Waals surface area contributed by atoms with Crippen LogP contribution in [-0.4, -0.2) is 67.9 Å². The summed E-state index contributed by atoms with van der Waals surface area (Å²) in [6, 6.07) is 0. The van der Waals surface area contributed by atoms with Crippen molar-refractivity contribution in [2.45, 2.75) is 70.5 Å². The van der Waals surface area contributed by atoms with Crippen molar-refractivity contribution in [2.75, 3.05) is 6.61 Å². The van der Waals surface area contributed by atoms with E-state index in [0.717, 1.165) is 4.57 Å². The van der Waals surface area contributed by atoms with Gasteiger partial charge in [0.05, 0.1) is 37.6 Å². The SMILES string of the molecule is CC(N)N(C(C)N)C(C)NC(=O)Cc1cn([C@H]2C[C@H](O)[C@@H](CO)O2)c(=O)[nH]c1=O. The lowest BCUT2D eigenvalue weighted by atomic mass is 10.2. The average molecular weight is 414 g/mol. The maximum Gasteiger partial charge on any atom is 0.330 e. The molecule has 1 amide bonds. The Kier molecular flexibility index (Phi) is 7.68. The van der Waals surface area contributed by atoms with Crippen molar-refractivity contribution in [1.29, 1.82) is 0 Å². The molecule has 0 aliphatic carbocycles. The van der Waals surface area contributed by atoms with E-state index in [-0.39, 0.29) is 18.4 Å². The van der Waals surface area contributed by atoms with Crippen molar-refractivity contribution in [2.24, 2.45) is 11.5 Å². The molecule has 2 rings (SSSR count). The third-order valence-electron chi connectivity index (χ3n) is 4.84. The van der Waals surface area contributed by atoms with E-state index in [1.54, 1.807) is 25.7 Å². The van der Waals surface area contributed by atoms with Gasteiger partial charge in [-0.25, -0.2) is 4.79 Å². The van der Waals surface area contributed by atoms with Crippen LogP contribution in [0, 0.1) is 0 Å². The van der Waals surface area contributed by atoms with Crippen molar-refractivity contribution < 1.29 is 19.7 Å². The molecule has 164 valence electrons. The number of nitrogens with two attached hydrogens (primary N) is 2. The van der Waals surface area contributed by atoms with Gasteiger partial charge in [0.25, 0.3) is 5.56 Å². The zero-order chi connectivity index (χ0) is 21.9. The highest BCUT2D eigenvalue weighted by Crippen LogP contribution is 2.27. The third kappa shape index (κ3) is 5.50. The first kappa shape index (κ1) is 23.2. The van der Waals surface area contributed by atoms with Crippen LogP contribution in [0.4, 0.5) is 0 Å². The van der Waals surface area contributed by atoms with Crippen LogP contribution >= 0.6 is 0 Å². The molecule has 2 heterocycles. The highest BCUT2D eigenvalue weighted by molar-refractivity contribution is 5.78. The van der Waals surface area contributed by atoms with Crippen LogP contribution in [0.3, 0.4) is 0 Å². The van der Waals surface area contributed by atoms with Gasteiger partial charge in [0.1, 0.15) is 12.3 Å². The predicted molar refractivity (Wildman–Crippen MR) is 103 cm³/mol. The van der Waals surface area contributed by atoms with Crippen molar-refractivity contribution >= 4 is 5.91 Å². The molecule has 0 spiro atoms. The molecule has 1 aromatic rings. The fourth-order valence-electron chi connectivity index (χ4n) is 3.52. The Balaban J connectivity index is 2.16. The second-order valence-corrected chi connectivity index (χ2v) is 7.28. The van der Waals surface area contributed by atoms with E-state index in [9.17, 15) is 24.6 Å². The van der Waals surface area contributed by atoms with Gasteiger partial charge in [-0.15, -0.1) is 0 Å². The third-order valence-corrected chi connectivity index (χ3v) is 4.84. The molecule has 3 unspecified atom stereocenters. The Bertz CT molecular complexity index is 813. The molecular weight excluding hydrogens is 384 g/mol. The van der Waals surface area contributed by atoms with Crippen LogP contribution in [0.5, 0.6) is 0 Å². The minimum Gasteiger partial charge on any atom is -0.394 e. The summed E-state index contributed by atoms with van der Waals surface area (Å²) >= 11 is 0. The second kappa shape index (κ2) is 9.61. The van der Waals surface area contributed by atoms with E-state index in [1.807, 2.05) is 0 Å². The number of aromatic nitrogens is 2. The average Bonchev–Trinajstić information content (AvgIpc) is 2.97. The fraction of sp³-hybridized carbons (Fsp3) is 0.706. The predicted octanol–water partition coefficient (Wildman–Crippen LogP) is -2.91. The van der Waals surface area contributed by atoms with Gasteiger partial charge in [-0.05, 0) is 20.8 Å². The molecule has 0 bridgehead atoms. The van der Waals surface area contributed by atoms with Gasteiger partial charge in [-0.1, -0.05) is 0 Å². The molecule has 0 saturated carbocycles. The summed E-state index contributed by atoms with van der Waals surface area (Å²) in [4.78, 5) is 40.5. The van der Waals surface area contributed by atoms with E-state index in [2.05, 4.69) is 10.3 Å². The van der Waals surface area contributed by atoms with Gasteiger partial charge < -0.3 is 31.7 Å². The lowest BCUT2D eigenvalue weighted by Crippen LogP contribution is -2.59. The van der Waals surface area contributed by atoms with Crippen molar-refractivity contribution in [3.8, 4) is 0 Å². The number of hydrogen-bond acceptors (Lipinski definition) is 9. The van der Waals surface area contributed by atoms with Gasteiger partial charge in [0.15, 0.2) is 0 Å². The molecular formula is C17H30N6O6. The number of aliphatic hydroxyl groups excluding tert-OH is 2. The first-order chi connectivity index (χ1) is 13.5. The molecule has 0 radical (unpaired) electrons. The van der Waals surface area contributed by atoms with E-state index < -0.39 is 60.7 Å². The summed E-state index contributed by atoms with van der Waals surface area (Å²) < 4.78 is 6.54. The first-order valence-electron chi connectivity index (χ1n) is 9.41. The van der Waals surface area contributed by atoms with Crippen molar-refractivity contribution in [3.63, 3.8) is 0 Å². The van der Waals surface area contributed by atoms with E-state index in [0.29, 0.717) is 0 Å². The number of amides is 1. The van der Waals surface area contributed by atoms with Crippen LogP contribution in [0.2, 0.25) is 0 Å².